The number of nitrogens with one attached hydrogen (secondary N) is 1. The van der Waals surface area contributed by atoms with Gasteiger partial charge in [-0.1, -0.05) is 0 Å². The maximum atomic E-state index is 12.0. The minimum absolute atomic E-state index is 0.0871. The van der Waals surface area contributed by atoms with E-state index in [0.29, 0.717) is 0 Å². The number of carbonyl (C=O) groups excluding carboxylic acids is 2. The summed E-state index contributed by atoms with van der Waals surface area (Å²) < 4.78 is 5.12. The minimum Gasteiger partial charge on any atom is -0.481 e. The van der Waals surface area contributed by atoms with Crippen LogP contribution in [0.3, 0.4) is 0 Å². The van der Waals surface area contributed by atoms with Crippen molar-refractivity contribution in [3.63, 3.8) is 0 Å². The number of rotatable bonds is 4. The number of ether oxygens (including phenoxy) is 1. The summed E-state index contributed by atoms with van der Waals surface area (Å²) in [7, 11) is 4.69. The van der Waals surface area contributed by atoms with Crippen LogP contribution in [0, 0.1) is 5.92 Å². The van der Waals surface area contributed by atoms with E-state index in [1.54, 1.807) is 21.0 Å². The molecular weight excluding hydrogens is 266 g/mol. The summed E-state index contributed by atoms with van der Waals surface area (Å²) in [6.07, 6.45) is 0. The predicted molar refractivity (Wildman–Crippen MR) is 70.2 cm³/mol. The van der Waals surface area contributed by atoms with Crippen LogP contribution in [0.5, 0.6) is 0 Å². The van der Waals surface area contributed by atoms with Crippen molar-refractivity contribution in [1.29, 1.82) is 0 Å². The van der Waals surface area contributed by atoms with Crippen LogP contribution >= 0.6 is 0 Å². The molecule has 8 nitrogen and oxygen atoms in total. The van der Waals surface area contributed by atoms with Crippen molar-refractivity contribution in [3.05, 3.63) is 0 Å². The van der Waals surface area contributed by atoms with Crippen LogP contribution in [-0.2, 0) is 14.3 Å². The third-order valence-corrected chi connectivity index (χ3v) is 3.34. The fraction of sp³-hybridized carbons (Fsp3) is 0.750. The Morgan fingerprint density at radius 3 is 2.35 bits per heavy atom. The fourth-order valence-corrected chi connectivity index (χ4v) is 2.05. The first-order valence-electron chi connectivity index (χ1n) is 6.30. The van der Waals surface area contributed by atoms with Crippen LogP contribution in [0.4, 0.5) is 4.79 Å². The number of hydrogen-bond donors (Lipinski definition) is 2. The summed E-state index contributed by atoms with van der Waals surface area (Å²) in [5, 5.41) is 11.6. The van der Waals surface area contributed by atoms with Gasteiger partial charge in [-0.15, -0.1) is 0 Å². The van der Waals surface area contributed by atoms with Crippen molar-refractivity contribution in [2.24, 2.45) is 5.92 Å². The number of urea groups is 1. The number of aliphatic carboxylic acids is 1. The second-order valence-corrected chi connectivity index (χ2v) is 5.06. The molecule has 8 heteroatoms. The predicted octanol–water partition coefficient (Wildman–Crippen LogP) is -0.796. The Labute approximate surface area is 117 Å². The highest BCUT2D eigenvalue weighted by Crippen LogP contribution is 2.19. The molecule has 3 atom stereocenters. The zero-order valence-corrected chi connectivity index (χ0v) is 12.1. The molecule has 1 aliphatic heterocycles. The number of likely N-dealkylation sites (N-methyl/N-ethyl adjacent to an activating group) is 2. The first-order chi connectivity index (χ1) is 9.25. The maximum absolute atomic E-state index is 12.0. The van der Waals surface area contributed by atoms with E-state index in [0.717, 1.165) is 0 Å². The SMILES string of the molecule is CC(NC(=O)N(C)C1COCC1C(=O)O)C(=O)N(C)C. The van der Waals surface area contributed by atoms with Crippen LogP contribution in [0.2, 0.25) is 0 Å². The molecule has 20 heavy (non-hydrogen) atoms. The molecule has 1 rings (SSSR count). The quantitative estimate of drug-likeness (QED) is 0.705. The Hall–Kier alpha value is -1.83. The molecule has 1 heterocycles. The van der Waals surface area contributed by atoms with E-state index in [-0.39, 0.29) is 19.1 Å². The molecule has 0 spiro atoms. The van der Waals surface area contributed by atoms with Crippen LogP contribution in [0.15, 0.2) is 0 Å². The van der Waals surface area contributed by atoms with Crippen molar-refractivity contribution in [2.75, 3.05) is 34.4 Å². The normalized spacial score (nSPS) is 23.0. The molecule has 0 radical (unpaired) electrons. The van der Waals surface area contributed by atoms with Crippen molar-refractivity contribution >= 4 is 17.9 Å². The molecule has 0 aliphatic carbocycles. The van der Waals surface area contributed by atoms with Crippen LogP contribution < -0.4 is 5.32 Å². The smallest absolute Gasteiger partial charge is 0.318 e. The zero-order valence-electron chi connectivity index (χ0n) is 12.1. The molecule has 0 aromatic carbocycles. The van der Waals surface area contributed by atoms with Gasteiger partial charge >= 0.3 is 12.0 Å². The average Bonchev–Trinajstić information content (AvgIpc) is 2.85. The highest BCUT2D eigenvalue weighted by Gasteiger charge is 2.38. The molecule has 0 bridgehead atoms. The third kappa shape index (κ3) is 3.60. The van der Waals surface area contributed by atoms with E-state index in [9.17, 15) is 14.4 Å². The van der Waals surface area contributed by atoms with Gasteiger partial charge in [0.15, 0.2) is 0 Å². The highest BCUT2D eigenvalue weighted by molar-refractivity contribution is 5.86. The zero-order chi connectivity index (χ0) is 15.4. The van der Waals surface area contributed by atoms with Gasteiger partial charge in [0.2, 0.25) is 5.91 Å². The topological polar surface area (TPSA) is 99.2 Å². The molecular formula is C12H21N3O5. The Morgan fingerprint density at radius 1 is 1.25 bits per heavy atom. The van der Waals surface area contributed by atoms with Crippen LogP contribution in [0.25, 0.3) is 0 Å². The van der Waals surface area contributed by atoms with Gasteiger partial charge in [-0.05, 0) is 6.92 Å². The largest absolute Gasteiger partial charge is 0.481 e. The number of nitrogens with zero attached hydrogens (tertiary/aromatic N) is 2. The standard InChI is InChI=1S/C12H21N3O5/c1-7(10(16)14(2)3)13-12(19)15(4)9-6-20-5-8(9)11(17)18/h7-9H,5-6H2,1-4H3,(H,13,19)(H,17,18). The van der Waals surface area contributed by atoms with E-state index >= 15 is 0 Å². The van der Waals surface area contributed by atoms with Gasteiger partial charge in [0, 0.05) is 21.1 Å². The summed E-state index contributed by atoms with van der Waals surface area (Å²) in [6, 6.07) is -1.70. The first-order valence-corrected chi connectivity index (χ1v) is 6.30. The lowest BCUT2D eigenvalue weighted by Crippen LogP contribution is -2.53. The van der Waals surface area contributed by atoms with Crippen molar-refractivity contribution in [3.8, 4) is 0 Å². The second-order valence-electron chi connectivity index (χ2n) is 5.06. The van der Waals surface area contributed by atoms with Gasteiger partial charge in [-0.25, -0.2) is 4.79 Å². The summed E-state index contributed by atoms with van der Waals surface area (Å²) in [5.41, 5.74) is 0. The number of carboxylic acids is 1. The molecule has 0 aromatic rings. The second kappa shape index (κ2) is 6.56. The van der Waals surface area contributed by atoms with Gasteiger partial charge in [0.1, 0.15) is 12.0 Å². The molecule has 0 saturated carbocycles. The van der Waals surface area contributed by atoms with Gasteiger partial charge in [0.25, 0.3) is 0 Å². The Balaban J connectivity index is 2.63. The summed E-state index contributed by atoms with van der Waals surface area (Å²) >= 11 is 0. The van der Waals surface area contributed by atoms with Crippen molar-refractivity contribution in [1.82, 2.24) is 15.1 Å². The minimum atomic E-state index is -0.996. The lowest BCUT2D eigenvalue weighted by atomic mass is 10.0. The van der Waals surface area contributed by atoms with Gasteiger partial charge in [-0.3, -0.25) is 9.59 Å². The molecule has 114 valence electrons. The maximum Gasteiger partial charge on any atom is 0.318 e. The fourth-order valence-electron chi connectivity index (χ4n) is 2.05. The van der Waals surface area contributed by atoms with E-state index < -0.39 is 30.0 Å². The molecule has 1 saturated heterocycles. The summed E-state index contributed by atoms with van der Waals surface area (Å²) in [4.78, 5) is 37.4. The molecule has 1 fully saturated rings. The number of amides is 3. The van der Waals surface area contributed by atoms with E-state index in [2.05, 4.69) is 5.32 Å². The third-order valence-electron chi connectivity index (χ3n) is 3.34. The lowest BCUT2D eigenvalue weighted by Gasteiger charge is -2.28. The first kappa shape index (κ1) is 16.2. The van der Waals surface area contributed by atoms with Gasteiger partial charge in [0.05, 0.1) is 19.3 Å². The van der Waals surface area contributed by atoms with E-state index in [1.165, 1.54) is 16.8 Å². The molecule has 0 aromatic heterocycles. The van der Waals surface area contributed by atoms with E-state index in [4.69, 9.17) is 9.84 Å². The van der Waals surface area contributed by atoms with Crippen LogP contribution in [0.1, 0.15) is 6.92 Å². The summed E-state index contributed by atoms with van der Waals surface area (Å²) in [6.45, 7) is 1.84. The Kier molecular flexibility index (Phi) is 5.32. The molecule has 3 amide bonds. The molecule has 3 unspecified atom stereocenters. The lowest BCUT2D eigenvalue weighted by molar-refractivity contribution is -0.142. The highest BCUT2D eigenvalue weighted by atomic mass is 16.5. The molecule has 2 N–H and O–H groups in total. The van der Waals surface area contributed by atoms with Gasteiger partial charge in [-0.2, -0.15) is 0 Å². The Morgan fingerprint density at radius 2 is 1.85 bits per heavy atom. The average molecular weight is 287 g/mol. The van der Waals surface area contributed by atoms with Crippen LogP contribution in [-0.4, -0.2) is 79.3 Å². The number of carboxylic acid groups (broad SMARTS) is 1. The van der Waals surface area contributed by atoms with Gasteiger partial charge < -0.3 is 25.0 Å². The summed E-state index contributed by atoms with van der Waals surface area (Å²) in [5.74, 6) is -1.97. The Bertz CT molecular complexity index is 399. The number of carbonyl (C=O) groups is 3. The molecule has 1 aliphatic rings. The van der Waals surface area contributed by atoms with E-state index in [1.807, 2.05) is 0 Å². The van der Waals surface area contributed by atoms with Crippen molar-refractivity contribution in [2.45, 2.75) is 19.0 Å². The van der Waals surface area contributed by atoms with Crippen molar-refractivity contribution < 1.29 is 24.2 Å². The number of hydrogen-bond acceptors (Lipinski definition) is 4. The monoisotopic (exact) mass is 287 g/mol.